The van der Waals surface area contributed by atoms with Crippen LogP contribution < -0.4 is 0 Å². The minimum absolute atomic E-state index is 0.155. The van der Waals surface area contributed by atoms with Gasteiger partial charge in [-0.15, -0.1) is 0 Å². The van der Waals surface area contributed by atoms with E-state index in [1.165, 1.54) is 4.90 Å². The molecule has 3 rings (SSSR count). The first-order chi connectivity index (χ1) is 11.4. The molecule has 0 bridgehead atoms. The van der Waals surface area contributed by atoms with Gasteiger partial charge in [0.1, 0.15) is 5.56 Å². The summed E-state index contributed by atoms with van der Waals surface area (Å²) in [5.74, 6) is 1.02. The zero-order valence-electron chi connectivity index (χ0n) is 14.4. The summed E-state index contributed by atoms with van der Waals surface area (Å²) in [6.45, 7) is 8.03. The zero-order chi connectivity index (χ0) is 17.4. The number of carbonyl (C=O) groups excluding carboxylic acids is 1. The van der Waals surface area contributed by atoms with Crippen molar-refractivity contribution >= 4 is 11.6 Å². The van der Waals surface area contributed by atoms with Crippen LogP contribution >= 0.6 is 0 Å². The molecule has 3 heterocycles. The number of hydrogen-bond acceptors (Lipinski definition) is 6. The highest BCUT2D eigenvalue weighted by molar-refractivity contribution is 5.99. The molecule has 0 saturated heterocycles. The van der Waals surface area contributed by atoms with E-state index >= 15 is 0 Å². The normalized spacial score (nSPS) is 11.4. The lowest BCUT2D eigenvalue weighted by Gasteiger charge is -2.14. The van der Waals surface area contributed by atoms with Crippen LogP contribution in [-0.4, -0.2) is 42.6 Å². The van der Waals surface area contributed by atoms with Crippen molar-refractivity contribution in [2.24, 2.45) is 0 Å². The van der Waals surface area contributed by atoms with E-state index in [2.05, 4.69) is 20.2 Å². The van der Waals surface area contributed by atoms with Crippen LogP contribution in [0.25, 0.3) is 5.65 Å². The third kappa shape index (κ3) is 2.86. The van der Waals surface area contributed by atoms with Crippen LogP contribution in [0.15, 0.2) is 16.8 Å². The fourth-order valence-electron chi connectivity index (χ4n) is 2.48. The van der Waals surface area contributed by atoms with E-state index < -0.39 is 0 Å². The topological polar surface area (TPSA) is 89.4 Å². The summed E-state index contributed by atoms with van der Waals surface area (Å²) in [5, 5.41) is 8.17. The first-order valence-electron chi connectivity index (χ1n) is 7.76. The van der Waals surface area contributed by atoms with E-state index in [4.69, 9.17) is 4.52 Å². The number of nitrogens with zero attached hydrogens (tertiary/aromatic N) is 6. The molecule has 0 fully saturated rings. The third-order valence-electron chi connectivity index (χ3n) is 3.71. The lowest BCUT2D eigenvalue weighted by Crippen LogP contribution is -2.26. The van der Waals surface area contributed by atoms with Crippen molar-refractivity contribution < 1.29 is 9.32 Å². The van der Waals surface area contributed by atoms with Crippen molar-refractivity contribution in [1.82, 2.24) is 29.6 Å². The molecule has 0 aliphatic heterocycles. The molecule has 0 N–H and O–H groups in total. The van der Waals surface area contributed by atoms with Crippen molar-refractivity contribution in [3.63, 3.8) is 0 Å². The minimum Gasteiger partial charge on any atom is -0.339 e. The third-order valence-corrected chi connectivity index (χ3v) is 3.71. The van der Waals surface area contributed by atoms with Crippen LogP contribution in [-0.2, 0) is 6.54 Å². The van der Waals surface area contributed by atoms with E-state index in [1.54, 1.807) is 17.8 Å². The Labute approximate surface area is 139 Å². The van der Waals surface area contributed by atoms with Gasteiger partial charge in [-0.05, 0) is 19.9 Å². The van der Waals surface area contributed by atoms with Crippen LogP contribution in [0.4, 0.5) is 0 Å². The quantitative estimate of drug-likeness (QED) is 0.729. The summed E-state index contributed by atoms with van der Waals surface area (Å²) in [7, 11) is 1.69. The summed E-state index contributed by atoms with van der Waals surface area (Å²) in [4.78, 5) is 23.0. The molecule has 0 aliphatic rings. The molecule has 0 saturated carbocycles. The van der Waals surface area contributed by atoms with Gasteiger partial charge in [0.2, 0.25) is 5.89 Å². The molecule has 0 radical (unpaired) electrons. The van der Waals surface area contributed by atoms with Crippen LogP contribution in [0, 0.1) is 13.8 Å². The number of aromatic nitrogens is 5. The largest absolute Gasteiger partial charge is 0.339 e. The Morgan fingerprint density at radius 1 is 1.33 bits per heavy atom. The molecular formula is C16H20N6O2. The van der Waals surface area contributed by atoms with E-state index in [0.29, 0.717) is 22.9 Å². The van der Waals surface area contributed by atoms with Gasteiger partial charge in [-0.1, -0.05) is 19.0 Å². The number of amides is 1. The van der Waals surface area contributed by atoms with E-state index in [0.717, 1.165) is 11.4 Å². The predicted molar refractivity (Wildman–Crippen MR) is 86.6 cm³/mol. The molecule has 126 valence electrons. The summed E-state index contributed by atoms with van der Waals surface area (Å²) in [5.41, 5.74) is 2.79. The summed E-state index contributed by atoms with van der Waals surface area (Å²) in [6.07, 6.45) is 1.55. The Morgan fingerprint density at radius 2 is 2.08 bits per heavy atom. The summed E-state index contributed by atoms with van der Waals surface area (Å²) < 4.78 is 6.84. The first kappa shape index (κ1) is 16.1. The number of fused-ring (bicyclic) bond motifs is 1. The van der Waals surface area contributed by atoms with Crippen molar-refractivity contribution in [3.05, 3.63) is 40.9 Å². The second-order valence-electron chi connectivity index (χ2n) is 6.20. The van der Waals surface area contributed by atoms with Gasteiger partial charge in [-0.3, -0.25) is 4.79 Å². The number of aryl methyl sites for hydroxylation is 2. The second kappa shape index (κ2) is 6.03. The van der Waals surface area contributed by atoms with Crippen molar-refractivity contribution in [2.45, 2.75) is 40.2 Å². The van der Waals surface area contributed by atoms with Crippen LogP contribution in [0.3, 0.4) is 0 Å². The summed E-state index contributed by atoms with van der Waals surface area (Å²) in [6, 6.07) is 1.92. The lowest BCUT2D eigenvalue weighted by atomic mass is 10.2. The fraction of sp³-hybridized carbons (Fsp3) is 0.438. The van der Waals surface area contributed by atoms with Crippen molar-refractivity contribution in [1.29, 1.82) is 0 Å². The number of carbonyl (C=O) groups is 1. The maximum Gasteiger partial charge on any atom is 0.259 e. The van der Waals surface area contributed by atoms with E-state index in [-0.39, 0.29) is 18.4 Å². The standard InChI is InChI=1S/C16H20N6O2/c1-9(2)15-19-13(20-24-15)8-21(5)16(23)12-7-17-22-11(4)6-10(3)18-14(12)22/h6-7,9H,8H2,1-5H3. The molecule has 0 aromatic carbocycles. The van der Waals surface area contributed by atoms with Gasteiger partial charge in [-0.25, -0.2) is 9.50 Å². The SMILES string of the molecule is Cc1cc(C)n2ncc(C(=O)N(C)Cc3noc(C(C)C)n3)c2n1. The fourth-order valence-corrected chi connectivity index (χ4v) is 2.48. The van der Waals surface area contributed by atoms with Gasteiger partial charge in [0.25, 0.3) is 5.91 Å². The average molecular weight is 328 g/mol. The van der Waals surface area contributed by atoms with Gasteiger partial charge in [0, 0.05) is 24.4 Å². The molecule has 3 aromatic heterocycles. The molecular weight excluding hydrogens is 308 g/mol. The van der Waals surface area contributed by atoms with Crippen LogP contribution in [0.2, 0.25) is 0 Å². The minimum atomic E-state index is -0.182. The van der Waals surface area contributed by atoms with Gasteiger partial charge < -0.3 is 9.42 Å². The number of hydrogen-bond donors (Lipinski definition) is 0. The van der Waals surface area contributed by atoms with Gasteiger partial charge in [0.05, 0.1) is 12.7 Å². The molecule has 3 aromatic rings. The molecule has 1 amide bonds. The van der Waals surface area contributed by atoms with E-state index in [1.807, 2.05) is 33.8 Å². The second-order valence-corrected chi connectivity index (χ2v) is 6.20. The average Bonchev–Trinajstić information content (AvgIpc) is 3.13. The Balaban J connectivity index is 1.85. The van der Waals surface area contributed by atoms with Crippen LogP contribution in [0.5, 0.6) is 0 Å². The molecule has 0 atom stereocenters. The molecule has 0 unspecified atom stereocenters. The molecule has 8 heteroatoms. The zero-order valence-corrected chi connectivity index (χ0v) is 14.4. The Bertz CT molecular complexity index is 895. The van der Waals surface area contributed by atoms with Crippen molar-refractivity contribution in [3.8, 4) is 0 Å². The molecule has 8 nitrogen and oxygen atoms in total. The Hall–Kier alpha value is -2.77. The smallest absolute Gasteiger partial charge is 0.259 e. The summed E-state index contributed by atoms with van der Waals surface area (Å²) >= 11 is 0. The highest BCUT2D eigenvalue weighted by atomic mass is 16.5. The Morgan fingerprint density at radius 3 is 2.75 bits per heavy atom. The van der Waals surface area contributed by atoms with Gasteiger partial charge >= 0.3 is 0 Å². The molecule has 0 spiro atoms. The maximum absolute atomic E-state index is 12.7. The van der Waals surface area contributed by atoms with Crippen LogP contribution in [0.1, 0.15) is 53.2 Å². The lowest BCUT2D eigenvalue weighted by molar-refractivity contribution is 0.0782. The van der Waals surface area contributed by atoms with Crippen molar-refractivity contribution in [2.75, 3.05) is 7.05 Å². The molecule has 0 aliphatic carbocycles. The number of rotatable bonds is 4. The van der Waals surface area contributed by atoms with Gasteiger partial charge in [0.15, 0.2) is 11.5 Å². The van der Waals surface area contributed by atoms with E-state index in [9.17, 15) is 4.79 Å². The highest BCUT2D eigenvalue weighted by Gasteiger charge is 2.21. The highest BCUT2D eigenvalue weighted by Crippen LogP contribution is 2.16. The van der Waals surface area contributed by atoms with Gasteiger partial charge in [-0.2, -0.15) is 10.1 Å². The monoisotopic (exact) mass is 328 g/mol. The first-order valence-corrected chi connectivity index (χ1v) is 7.76. The molecule has 24 heavy (non-hydrogen) atoms. The maximum atomic E-state index is 12.7. The predicted octanol–water partition coefficient (Wildman–Crippen LogP) is 2.12. The Kier molecular flexibility index (Phi) is 4.04.